The predicted molar refractivity (Wildman–Crippen MR) is 316 cm³/mol. The van der Waals surface area contributed by atoms with E-state index in [1.807, 2.05) is 70.2 Å². The fraction of sp³-hybridized carbons (Fsp3) is 0.719. The van der Waals surface area contributed by atoms with E-state index >= 15 is 0 Å². The first-order valence-corrected chi connectivity index (χ1v) is 33.0. The van der Waals surface area contributed by atoms with E-state index in [1.54, 1.807) is 40.2 Å². The third-order valence-corrected chi connectivity index (χ3v) is 22.6. The molecule has 1 saturated carbocycles. The first-order valence-electron chi connectivity index (χ1n) is 30.1. The minimum atomic E-state index is -2.51. The minimum absolute atomic E-state index is 0.0277. The fourth-order valence-corrected chi connectivity index (χ4v) is 12.5. The average molecular weight is 1170 g/mol. The summed E-state index contributed by atoms with van der Waals surface area (Å²) in [5.74, 6) is -7.77. The smallest absolute Gasteiger partial charge is 0.329 e. The Bertz CT molecular complexity index is 2400. The number of cyclic esters (lactones) is 1. The van der Waals surface area contributed by atoms with Gasteiger partial charge in [-0.1, -0.05) is 91.8 Å². The topological polar surface area (TPSA) is 227 Å². The normalized spacial score (nSPS) is 34.9. The van der Waals surface area contributed by atoms with E-state index in [1.165, 1.54) is 12.0 Å². The molecule has 18 heteroatoms. The van der Waals surface area contributed by atoms with Crippen LogP contribution < -0.4 is 4.74 Å². The predicted octanol–water partition coefficient (Wildman–Crippen LogP) is 9.55. The summed E-state index contributed by atoms with van der Waals surface area (Å²) in [5.41, 5.74) is 1.84. The molecular weight excluding hydrogens is 1060 g/mol. The van der Waals surface area contributed by atoms with Gasteiger partial charge in [0.25, 0.3) is 11.7 Å². The van der Waals surface area contributed by atoms with Gasteiger partial charge in [0.05, 0.1) is 49.5 Å². The van der Waals surface area contributed by atoms with Crippen LogP contribution in [-0.2, 0) is 58.7 Å². The molecule has 3 aliphatic heterocycles. The van der Waals surface area contributed by atoms with Crippen LogP contribution in [0, 0.1) is 35.5 Å². The number of pyridine rings is 1. The zero-order valence-corrected chi connectivity index (χ0v) is 52.7. The molecule has 3 N–H and O–H groups in total. The molecule has 4 heterocycles. The van der Waals surface area contributed by atoms with Crippen molar-refractivity contribution in [1.29, 1.82) is 0 Å². The van der Waals surface area contributed by atoms with Crippen molar-refractivity contribution in [1.82, 2.24) is 9.88 Å². The Morgan fingerprint density at radius 2 is 1.61 bits per heavy atom. The van der Waals surface area contributed by atoms with Gasteiger partial charge in [0.1, 0.15) is 42.5 Å². The number of carbonyl (C=O) groups excluding carboxylic acids is 5. The Hall–Kier alpha value is -4.24. The maximum absolute atomic E-state index is 14.6. The lowest BCUT2D eigenvalue weighted by atomic mass is 9.78. The summed E-state index contributed by atoms with van der Waals surface area (Å²) in [5, 5.41) is 34.5. The van der Waals surface area contributed by atoms with Gasteiger partial charge >= 0.3 is 5.97 Å². The molecule has 15 atom stereocenters. The molecule has 82 heavy (non-hydrogen) atoms. The van der Waals surface area contributed by atoms with Crippen LogP contribution >= 0.6 is 0 Å². The highest BCUT2D eigenvalue weighted by Crippen LogP contribution is 2.39. The number of amides is 1. The highest BCUT2D eigenvalue weighted by molar-refractivity contribution is 6.74. The van der Waals surface area contributed by atoms with E-state index < -0.39 is 92.2 Å². The van der Waals surface area contributed by atoms with E-state index in [-0.39, 0.29) is 72.9 Å². The lowest BCUT2D eigenvalue weighted by Crippen LogP contribution is -2.61. The van der Waals surface area contributed by atoms with Gasteiger partial charge < -0.3 is 53.1 Å². The van der Waals surface area contributed by atoms with Gasteiger partial charge in [-0.25, -0.2) is 4.79 Å². The molecule has 1 aromatic rings. The zero-order chi connectivity index (χ0) is 60.7. The van der Waals surface area contributed by atoms with Crippen LogP contribution in [0.15, 0.2) is 65.9 Å². The number of carbonyl (C=O) groups is 5. The van der Waals surface area contributed by atoms with Crippen molar-refractivity contribution in [2.45, 2.75) is 226 Å². The number of aromatic nitrogens is 1. The summed E-state index contributed by atoms with van der Waals surface area (Å²) in [7, 11) is 1.02. The molecule has 1 aliphatic carbocycles. The van der Waals surface area contributed by atoms with E-state index in [9.17, 15) is 39.3 Å². The van der Waals surface area contributed by atoms with Crippen molar-refractivity contribution in [3.05, 3.63) is 71.6 Å². The number of methoxy groups -OCH3 is 2. The van der Waals surface area contributed by atoms with Gasteiger partial charge in [0.15, 0.2) is 14.1 Å². The molecule has 17 nitrogen and oxygen atoms in total. The Morgan fingerprint density at radius 3 is 2.28 bits per heavy atom. The van der Waals surface area contributed by atoms with E-state index in [0.29, 0.717) is 88.0 Å². The Morgan fingerprint density at radius 1 is 0.878 bits per heavy atom. The van der Waals surface area contributed by atoms with Gasteiger partial charge in [-0.05, 0) is 137 Å². The van der Waals surface area contributed by atoms with Crippen molar-refractivity contribution in [2.24, 2.45) is 35.5 Å². The van der Waals surface area contributed by atoms with Crippen molar-refractivity contribution in [2.75, 3.05) is 34.0 Å². The highest BCUT2D eigenvalue weighted by atomic mass is 28.4. The Balaban J connectivity index is 1.44. The van der Waals surface area contributed by atoms with Crippen LogP contribution in [0.25, 0.3) is 0 Å². The van der Waals surface area contributed by atoms with Gasteiger partial charge in [-0.15, -0.1) is 0 Å². The molecule has 3 fully saturated rings. The number of aliphatic hydroxyl groups excluding tert-OH is 2. The zero-order valence-electron chi connectivity index (χ0n) is 51.7. The quantitative estimate of drug-likeness (QED) is 0.0549. The number of piperidine rings is 1. The molecule has 5 rings (SSSR count). The first-order chi connectivity index (χ1) is 38.6. The van der Waals surface area contributed by atoms with Crippen LogP contribution in [0.2, 0.25) is 18.1 Å². The third-order valence-electron chi connectivity index (χ3n) is 18.0. The molecule has 4 aliphatic rings. The number of ketones is 3. The van der Waals surface area contributed by atoms with E-state index in [2.05, 4.69) is 38.8 Å². The first kappa shape index (κ1) is 68.5. The average Bonchev–Trinajstić information content (AvgIpc) is 2.77. The molecule has 0 spiro atoms. The summed E-state index contributed by atoms with van der Waals surface area (Å²) in [6.45, 7) is 24.7. The van der Waals surface area contributed by atoms with Crippen LogP contribution in [0.1, 0.15) is 152 Å². The molecule has 1 amide bonds. The van der Waals surface area contributed by atoms with E-state index in [0.717, 1.165) is 5.57 Å². The van der Waals surface area contributed by atoms with Gasteiger partial charge in [0, 0.05) is 51.4 Å². The summed E-state index contributed by atoms with van der Waals surface area (Å²) in [6, 6.07) is 2.49. The maximum atomic E-state index is 14.6. The largest absolute Gasteiger partial charge is 0.490 e. The number of nitrogens with zero attached hydrogens (tertiary/aromatic N) is 2. The number of rotatable bonds is 13. The summed E-state index contributed by atoms with van der Waals surface area (Å²) >= 11 is 0. The van der Waals surface area contributed by atoms with Gasteiger partial charge in [-0.3, -0.25) is 24.2 Å². The van der Waals surface area contributed by atoms with Crippen LogP contribution in [0.4, 0.5) is 0 Å². The molecule has 0 radical (unpaired) electrons. The second-order valence-electron chi connectivity index (χ2n) is 25.6. The number of Topliss-reactive ketones (excluding diaryl/α,β-unsaturated/α-hetero) is 3. The number of allylic oxidation sites excluding steroid dienone is 6. The minimum Gasteiger partial charge on any atom is -0.490 e. The van der Waals surface area contributed by atoms with E-state index in [4.69, 9.17) is 32.8 Å². The summed E-state index contributed by atoms with van der Waals surface area (Å²) in [6.07, 6.45) is 12.0. The van der Waals surface area contributed by atoms with Crippen molar-refractivity contribution in [3.8, 4) is 5.75 Å². The van der Waals surface area contributed by atoms with Gasteiger partial charge in [-0.2, -0.15) is 0 Å². The number of ether oxygens (including phenoxy) is 6. The molecule has 2 bridgehead atoms. The number of fused-ring (bicyclic) bond motifs is 3. The van der Waals surface area contributed by atoms with Crippen molar-refractivity contribution >= 4 is 37.5 Å². The molecule has 460 valence electrons. The van der Waals surface area contributed by atoms with Crippen LogP contribution in [0.5, 0.6) is 5.75 Å². The van der Waals surface area contributed by atoms with Gasteiger partial charge in [0.2, 0.25) is 5.79 Å². The second kappa shape index (κ2) is 31.2. The third kappa shape index (κ3) is 18.9. The highest BCUT2D eigenvalue weighted by Gasteiger charge is 2.53. The number of hydrogen-bond acceptors (Lipinski definition) is 16. The summed E-state index contributed by atoms with van der Waals surface area (Å²) in [4.78, 5) is 77.8. The molecular formula is C64H100N2O15Si. The molecule has 0 aromatic carbocycles. The van der Waals surface area contributed by atoms with Crippen LogP contribution in [0.3, 0.4) is 0 Å². The van der Waals surface area contributed by atoms with Crippen LogP contribution in [-0.4, -0.2) is 151 Å². The fourth-order valence-electron chi connectivity index (χ4n) is 11.5. The Labute approximate surface area is 490 Å². The summed E-state index contributed by atoms with van der Waals surface area (Å²) < 4.78 is 42.7. The monoisotopic (exact) mass is 1160 g/mol. The maximum Gasteiger partial charge on any atom is 0.329 e. The molecule has 1 unspecified atom stereocenters. The number of hydrogen-bond donors (Lipinski definition) is 3. The molecule has 2 saturated heterocycles. The van der Waals surface area contributed by atoms with Crippen molar-refractivity contribution < 1.29 is 72.1 Å². The Kier molecular flexibility index (Phi) is 26.1. The van der Waals surface area contributed by atoms with Crippen molar-refractivity contribution in [3.63, 3.8) is 0 Å². The lowest BCUT2D eigenvalue weighted by Gasteiger charge is -2.43. The lowest BCUT2D eigenvalue weighted by molar-refractivity contribution is -0.266. The SMILES string of the molecule is CO[C@@H]1C[C@H](C[C@@H](C)[C@@H]2CC(=O)[C@H](C)/C=C(\C)[C@@H](O)[C@@H](OC)C(=O)[C@H](C)C[C@H](C)/C=C/C=C/C=C(\C)C(OCc3ccc(OCCO[Si](C)(C)C(C)(C)C)cn3)C[C@@H]3CC[C@@H](C)[C@@](O)(O3)C(=O)C(=O)N3CCCC[C@H]3C(=O)O2)CC[C@H]1O. The standard InChI is InChI=1S/C64H100N2O15Si/c1-40-20-16-15-17-21-41(2)54(78-39-48-25-27-50(38-65-48)77-30-31-79-82(13,14)63(8,9)10)36-49-26-23-46(7)64(74,81-49)60(71)61(72)66-29-19-18-22-51(66)62(73)80-55(43(4)34-47-24-28-52(67)56(35-47)75-11)37-53(68)42(3)33-45(6)58(70)59(76-12)57(69)44(5)32-40/h15-17,20-21,25,27,33,38,40,42-44,46-47,49,51-52,54-56,58-59,67,70,74H,18-19,22-24,26,28-32,34-37,39H2,1-14H3/b17-15+,20-16+,41-21+,45-33+/t40-,42-,43-,44-,46-,47+,49+,51+,52-,54?,55+,56-,58-,59+,64-/m1/s1. The molecule has 1 aromatic heterocycles. The second-order valence-corrected chi connectivity index (χ2v) is 30.4. The number of esters is 1. The number of aliphatic hydroxyl groups is 3.